The fraction of sp³-hybridized carbons (Fsp3) is 0.625. The monoisotopic (exact) mass is 305 g/mol. The number of nitrogens with one attached hydrogen (secondary N) is 1. The van der Waals surface area contributed by atoms with E-state index in [-0.39, 0.29) is 17.5 Å². The average molecular weight is 305 g/mol. The van der Waals surface area contributed by atoms with Crippen LogP contribution in [0.25, 0.3) is 0 Å². The molecule has 1 nitrogen and oxygen atoms in total. The van der Waals surface area contributed by atoms with Gasteiger partial charge in [0, 0.05) is 11.6 Å². The van der Waals surface area contributed by atoms with Gasteiger partial charge in [0.05, 0.1) is 5.56 Å². The minimum Gasteiger partial charge on any atom is -0.310 e. The Morgan fingerprint density at radius 3 is 2.19 bits per heavy atom. The highest BCUT2D eigenvalue weighted by Gasteiger charge is 2.33. The van der Waals surface area contributed by atoms with E-state index in [1.54, 1.807) is 0 Å². The van der Waals surface area contributed by atoms with E-state index in [0.29, 0.717) is 6.54 Å². The highest BCUT2D eigenvalue weighted by molar-refractivity contribution is 5.30. The summed E-state index contributed by atoms with van der Waals surface area (Å²) in [6.45, 7) is 6.57. The van der Waals surface area contributed by atoms with Crippen molar-refractivity contribution in [3.63, 3.8) is 0 Å². The van der Waals surface area contributed by atoms with Crippen molar-refractivity contribution in [2.75, 3.05) is 6.54 Å². The fourth-order valence-electron chi connectivity index (χ4n) is 2.55. The standard InChI is InChI=1S/C16H23F4N/c1-4-9-21-15(11(5-2)6-3)13-10-12(16(18,19)20)7-8-14(13)17/h7-8,10-11,15,21H,4-6,9H2,1-3H3. The molecule has 1 aromatic rings. The Bertz CT molecular complexity index is 438. The van der Waals surface area contributed by atoms with Gasteiger partial charge in [0.25, 0.3) is 0 Å². The van der Waals surface area contributed by atoms with E-state index in [1.807, 2.05) is 20.8 Å². The molecule has 0 heterocycles. The lowest BCUT2D eigenvalue weighted by Gasteiger charge is -2.28. The van der Waals surface area contributed by atoms with Gasteiger partial charge in [0.15, 0.2) is 0 Å². The van der Waals surface area contributed by atoms with Crippen molar-refractivity contribution < 1.29 is 17.6 Å². The number of alkyl halides is 3. The predicted molar refractivity (Wildman–Crippen MR) is 76.5 cm³/mol. The Labute approximate surface area is 123 Å². The van der Waals surface area contributed by atoms with Gasteiger partial charge in [-0.2, -0.15) is 13.2 Å². The van der Waals surface area contributed by atoms with Crippen LogP contribution in [-0.2, 0) is 6.18 Å². The van der Waals surface area contributed by atoms with Gasteiger partial charge >= 0.3 is 6.18 Å². The molecule has 120 valence electrons. The number of hydrogen-bond acceptors (Lipinski definition) is 1. The summed E-state index contributed by atoms with van der Waals surface area (Å²) in [4.78, 5) is 0. The highest BCUT2D eigenvalue weighted by atomic mass is 19.4. The lowest BCUT2D eigenvalue weighted by atomic mass is 9.87. The molecule has 1 atom stereocenters. The topological polar surface area (TPSA) is 12.0 Å². The molecule has 5 heteroatoms. The number of hydrogen-bond donors (Lipinski definition) is 1. The van der Waals surface area contributed by atoms with E-state index in [0.717, 1.165) is 37.5 Å². The molecule has 0 saturated heterocycles. The minimum atomic E-state index is -4.45. The zero-order valence-electron chi connectivity index (χ0n) is 12.7. The molecule has 1 rings (SSSR count). The van der Waals surface area contributed by atoms with E-state index in [4.69, 9.17) is 0 Å². The summed E-state index contributed by atoms with van der Waals surface area (Å²) in [6, 6.07) is 2.27. The third-order valence-corrected chi connectivity index (χ3v) is 3.79. The lowest BCUT2D eigenvalue weighted by Crippen LogP contribution is -2.29. The van der Waals surface area contributed by atoms with Crippen LogP contribution >= 0.6 is 0 Å². The maximum absolute atomic E-state index is 14.1. The largest absolute Gasteiger partial charge is 0.416 e. The first-order valence-corrected chi connectivity index (χ1v) is 7.45. The normalized spacial score (nSPS) is 13.7. The summed E-state index contributed by atoms with van der Waals surface area (Å²) in [7, 11) is 0. The van der Waals surface area contributed by atoms with E-state index in [1.165, 1.54) is 0 Å². The highest BCUT2D eigenvalue weighted by Crippen LogP contribution is 2.35. The fourth-order valence-corrected chi connectivity index (χ4v) is 2.55. The van der Waals surface area contributed by atoms with Crippen LogP contribution in [0, 0.1) is 11.7 Å². The van der Waals surface area contributed by atoms with Crippen LogP contribution in [-0.4, -0.2) is 6.54 Å². The van der Waals surface area contributed by atoms with Crippen molar-refractivity contribution in [3.05, 3.63) is 35.1 Å². The van der Waals surface area contributed by atoms with Crippen LogP contribution in [0.4, 0.5) is 17.6 Å². The Kier molecular flexibility index (Phi) is 6.65. The Hall–Kier alpha value is -1.10. The SMILES string of the molecule is CCCNC(c1cc(C(F)(F)F)ccc1F)C(CC)CC. The summed E-state index contributed by atoms with van der Waals surface area (Å²) < 4.78 is 52.6. The van der Waals surface area contributed by atoms with Gasteiger partial charge in [-0.05, 0) is 37.1 Å². The molecule has 21 heavy (non-hydrogen) atoms. The Balaban J connectivity index is 3.22. The van der Waals surface area contributed by atoms with E-state index >= 15 is 0 Å². The van der Waals surface area contributed by atoms with Gasteiger partial charge < -0.3 is 5.32 Å². The van der Waals surface area contributed by atoms with E-state index in [2.05, 4.69) is 5.32 Å². The molecule has 1 unspecified atom stereocenters. The third kappa shape index (κ3) is 4.70. The van der Waals surface area contributed by atoms with Crippen LogP contribution in [0.2, 0.25) is 0 Å². The van der Waals surface area contributed by atoms with Crippen molar-refractivity contribution in [1.29, 1.82) is 0 Å². The molecule has 0 aromatic heterocycles. The zero-order chi connectivity index (χ0) is 16.0. The molecule has 0 aliphatic heterocycles. The van der Waals surface area contributed by atoms with Gasteiger partial charge in [-0.15, -0.1) is 0 Å². The van der Waals surface area contributed by atoms with Crippen molar-refractivity contribution in [1.82, 2.24) is 5.32 Å². The van der Waals surface area contributed by atoms with Gasteiger partial charge in [0.1, 0.15) is 5.82 Å². The maximum Gasteiger partial charge on any atom is 0.416 e. The Morgan fingerprint density at radius 2 is 1.71 bits per heavy atom. The number of benzene rings is 1. The van der Waals surface area contributed by atoms with Gasteiger partial charge in [-0.25, -0.2) is 4.39 Å². The number of halogens is 4. The van der Waals surface area contributed by atoms with Gasteiger partial charge in [-0.1, -0.05) is 33.6 Å². The first-order valence-electron chi connectivity index (χ1n) is 7.45. The molecule has 0 aliphatic rings. The second-order valence-electron chi connectivity index (χ2n) is 5.24. The van der Waals surface area contributed by atoms with Gasteiger partial charge in [0.2, 0.25) is 0 Å². The van der Waals surface area contributed by atoms with Crippen LogP contribution in [0.3, 0.4) is 0 Å². The van der Waals surface area contributed by atoms with E-state index < -0.39 is 17.6 Å². The molecule has 0 saturated carbocycles. The second-order valence-corrected chi connectivity index (χ2v) is 5.24. The zero-order valence-corrected chi connectivity index (χ0v) is 12.7. The van der Waals surface area contributed by atoms with Gasteiger partial charge in [-0.3, -0.25) is 0 Å². The molecule has 1 aromatic carbocycles. The molecule has 1 N–H and O–H groups in total. The third-order valence-electron chi connectivity index (χ3n) is 3.79. The summed E-state index contributed by atoms with van der Waals surface area (Å²) in [5.74, 6) is -0.474. The maximum atomic E-state index is 14.1. The molecule has 0 amide bonds. The van der Waals surface area contributed by atoms with Crippen molar-refractivity contribution in [2.24, 2.45) is 5.92 Å². The smallest absolute Gasteiger partial charge is 0.310 e. The van der Waals surface area contributed by atoms with Crippen molar-refractivity contribution >= 4 is 0 Å². The average Bonchev–Trinajstić information content (AvgIpc) is 2.43. The molecule has 0 aliphatic carbocycles. The van der Waals surface area contributed by atoms with Crippen LogP contribution in [0.15, 0.2) is 18.2 Å². The van der Waals surface area contributed by atoms with Crippen LogP contribution < -0.4 is 5.32 Å². The summed E-state index contributed by atoms with van der Waals surface area (Å²) in [5, 5.41) is 3.20. The summed E-state index contributed by atoms with van der Waals surface area (Å²) in [5.41, 5.74) is -0.680. The number of rotatable bonds is 7. The lowest BCUT2D eigenvalue weighted by molar-refractivity contribution is -0.137. The summed E-state index contributed by atoms with van der Waals surface area (Å²) >= 11 is 0. The molecule has 0 spiro atoms. The predicted octanol–water partition coefficient (Wildman–Crippen LogP) is 5.32. The summed E-state index contributed by atoms with van der Waals surface area (Å²) in [6.07, 6.45) is -2.04. The Morgan fingerprint density at radius 1 is 1.10 bits per heavy atom. The first-order chi connectivity index (χ1) is 9.85. The second kappa shape index (κ2) is 7.78. The first kappa shape index (κ1) is 18.0. The minimum absolute atomic E-state index is 0.106. The van der Waals surface area contributed by atoms with Crippen molar-refractivity contribution in [3.8, 4) is 0 Å². The van der Waals surface area contributed by atoms with Crippen LogP contribution in [0.5, 0.6) is 0 Å². The van der Waals surface area contributed by atoms with Crippen LogP contribution in [0.1, 0.15) is 57.2 Å². The van der Waals surface area contributed by atoms with Crippen molar-refractivity contribution in [2.45, 2.75) is 52.3 Å². The van der Waals surface area contributed by atoms with E-state index in [9.17, 15) is 17.6 Å². The molecule has 0 radical (unpaired) electrons. The molecule has 0 fully saturated rings. The molecule has 0 bridgehead atoms. The quantitative estimate of drug-likeness (QED) is 0.672. The molecular weight excluding hydrogens is 282 g/mol. The molecular formula is C16H23F4N.